The molecule has 0 aromatic heterocycles. The van der Waals surface area contributed by atoms with Crippen LogP contribution in [-0.4, -0.2) is 23.0 Å². The van der Waals surface area contributed by atoms with E-state index in [4.69, 9.17) is 5.11 Å². The molecule has 0 spiro atoms. The van der Waals surface area contributed by atoms with Crippen LogP contribution < -0.4 is 5.32 Å². The number of hydrogen-bond donors (Lipinski definition) is 2. The smallest absolute Gasteiger partial charge is 0.326 e. The number of carboxylic acids is 1. The first-order valence-electron chi connectivity index (χ1n) is 6.82. The lowest BCUT2D eigenvalue weighted by atomic mass is 9.78. The summed E-state index contributed by atoms with van der Waals surface area (Å²) in [6, 6.07) is -0.720. The van der Waals surface area contributed by atoms with E-state index in [1.165, 1.54) is 19.8 Å². The van der Waals surface area contributed by atoms with E-state index in [9.17, 15) is 9.59 Å². The monoisotopic (exact) mass is 253 g/mol. The van der Waals surface area contributed by atoms with Crippen molar-refractivity contribution in [3.8, 4) is 0 Å². The number of amides is 1. The van der Waals surface area contributed by atoms with Gasteiger partial charge in [0.15, 0.2) is 0 Å². The molecule has 0 aliphatic heterocycles. The van der Waals surface area contributed by atoms with Crippen LogP contribution in [0.3, 0.4) is 0 Å². The van der Waals surface area contributed by atoms with Crippen LogP contribution in [0, 0.1) is 23.2 Å². The van der Waals surface area contributed by atoms with E-state index < -0.39 is 12.0 Å². The number of fused-ring (bicyclic) bond motifs is 2. The molecular formula is C14H23NO3. The van der Waals surface area contributed by atoms with Gasteiger partial charge in [-0.25, -0.2) is 4.79 Å². The molecule has 4 nitrogen and oxygen atoms in total. The Morgan fingerprint density at radius 3 is 2.44 bits per heavy atom. The SMILES string of the molecule is CC(=O)N[C@H](C[C@H]1CC2CCC1C2(C)C)C(=O)O. The summed E-state index contributed by atoms with van der Waals surface area (Å²) in [5.74, 6) is 0.639. The Labute approximate surface area is 108 Å². The van der Waals surface area contributed by atoms with Gasteiger partial charge in [0.1, 0.15) is 6.04 Å². The minimum atomic E-state index is -0.911. The van der Waals surface area contributed by atoms with Gasteiger partial charge in [0.25, 0.3) is 0 Å². The van der Waals surface area contributed by atoms with Crippen molar-refractivity contribution >= 4 is 11.9 Å². The first-order valence-corrected chi connectivity index (χ1v) is 6.82. The largest absolute Gasteiger partial charge is 0.480 e. The average molecular weight is 253 g/mol. The summed E-state index contributed by atoms with van der Waals surface area (Å²) in [4.78, 5) is 22.2. The van der Waals surface area contributed by atoms with Gasteiger partial charge >= 0.3 is 5.97 Å². The molecule has 0 saturated heterocycles. The molecule has 2 N–H and O–H groups in total. The fourth-order valence-electron chi connectivity index (χ4n) is 4.25. The topological polar surface area (TPSA) is 66.4 Å². The van der Waals surface area contributed by atoms with Gasteiger partial charge in [-0.15, -0.1) is 0 Å². The molecule has 2 unspecified atom stereocenters. The van der Waals surface area contributed by atoms with Crippen molar-refractivity contribution in [1.29, 1.82) is 0 Å². The highest BCUT2D eigenvalue weighted by Crippen LogP contribution is 2.61. The molecule has 2 rings (SSSR count). The van der Waals surface area contributed by atoms with E-state index in [-0.39, 0.29) is 5.91 Å². The van der Waals surface area contributed by atoms with Gasteiger partial charge in [0.2, 0.25) is 5.91 Å². The van der Waals surface area contributed by atoms with Crippen molar-refractivity contribution in [2.24, 2.45) is 23.2 Å². The lowest BCUT2D eigenvalue weighted by Gasteiger charge is -2.28. The Hall–Kier alpha value is -1.06. The molecule has 1 amide bonds. The summed E-state index contributed by atoms with van der Waals surface area (Å²) >= 11 is 0. The molecule has 2 saturated carbocycles. The lowest BCUT2D eigenvalue weighted by molar-refractivity contribution is -0.142. The van der Waals surface area contributed by atoms with Crippen molar-refractivity contribution < 1.29 is 14.7 Å². The Morgan fingerprint density at radius 2 is 2.06 bits per heavy atom. The van der Waals surface area contributed by atoms with E-state index in [1.54, 1.807) is 0 Å². The van der Waals surface area contributed by atoms with E-state index in [2.05, 4.69) is 19.2 Å². The quantitative estimate of drug-likeness (QED) is 0.805. The maximum atomic E-state index is 11.2. The standard InChI is InChI=1S/C14H23NO3/c1-8(16)15-12(13(17)18)7-9-6-10-4-5-11(9)14(10,2)3/h9-12H,4-7H2,1-3H3,(H,15,16)(H,17,18)/t9-,10?,11?,12-/m1/s1. The molecule has 18 heavy (non-hydrogen) atoms. The maximum Gasteiger partial charge on any atom is 0.326 e. The Kier molecular flexibility index (Phi) is 3.39. The molecule has 0 radical (unpaired) electrons. The molecule has 4 atom stereocenters. The van der Waals surface area contributed by atoms with Crippen molar-refractivity contribution in [3.05, 3.63) is 0 Å². The number of aliphatic carboxylic acids is 1. The third-order valence-corrected chi connectivity index (χ3v) is 5.20. The molecule has 102 valence electrons. The number of carbonyl (C=O) groups excluding carboxylic acids is 1. The third kappa shape index (κ3) is 2.25. The second-order valence-electron chi connectivity index (χ2n) is 6.52. The van der Waals surface area contributed by atoms with Crippen LogP contribution in [0.15, 0.2) is 0 Å². The van der Waals surface area contributed by atoms with Gasteiger partial charge in [-0.2, -0.15) is 0 Å². The van der Waals surface area contributed by atoms with Gasteiger partial charge in [-0.3, -0.25) is 4.79 Å². The van der Waals surface area contributed by atoms with Gasteiger partial charge in [-0.1, -0.05) is 13.8 Å². The van der Waals surface area contributed by atoms with E-state index in [0.717, 1.165) is 12.3 Å². The minimum absolute atomic E-state index is 0.259. The predicted octanol–water partition coefficient (Wildman–Crippen LogP) is 2.04. The summed E-state index contributed by atoms with van der Waals surface area (Å²) in [5.41, 5.74) is 0.351. The molecule has 2 bridgehead atoms. The van der Waals surface area contributed by atoms with Crippen molar-refractivity contribution in [3.63, 3.8) is 0 Å². The van der Waals surface area contributed by atoms with Crippen LogP contribution in [0.5, 0.6) is 0 Å². The van der Waals surface area contributed by atoms with Crippen LogP contribution in [-0.2, 0) is 9.59 Å². The minimum Gasteiger partial charge on any atom is -0.480 e. The lowest BCUT2D eigenvalue weighted by Crippen LogP contribution is -2.41. The summed E-state index contributed by atoms with van der Waals surface area (Å²) in [5, 5.41) is 11.7. The van der Waals surface area contributed by atoms with Crippen LogP contribution in [0.1, 0.15) is 46.5 Å². The highest BCUT2D eigenvalue weighted by molar-refractivity contribution is 5.82. The molecule has 0 heterocycles. The molecule has 0 aromatic rings. The molecule has 0 aromatic carbocycles. The number of nitrogens with one attached hydrogen (secondary N) is 1. The number of carboxylic acid groups (broad SMARTS) is 1. The molecular weight excluding hydrogens is 230 g/mol. The highest BCUT2D eigenvalue weighted by atomic mass is 16.4. The molecule has 2 aliphatic rings. The van der Waals surface area contributed by atoms with E-state index in [1.807, 2.05) is 0 Å². The molecule has 2 aliphatic carbocycles. The zero-order chi connectivity index (χ0) is 13.5. The Balaban J connectivity index is 2.01. The van der Waals surface area contributed by atoms with Gasteiger partial charge < -0.3 is 10.4 Å². The fraction of sp³-hybridized carbons (Fsp3) is 0.857. The van der Waals surface area contributed by atoms with Crippen molar-refractivity contribution in [2.45, 2.75) is 52.5 Å². The third-order valence-electron chi connectivity index (χ3n) is 5.20. The summed E-state index contributed by atoms with van der Waals surface area (Å²) in [6.07, 6.45) is 4.21. The van der Waals surface area contributed by atoms with Gasteiger partial charge in [-0.05, 0) is 48.9 Å². The normalized spacial score (nSPS) is 34.3. The summed E-state index contributed by atoms with van der Waals surface area (Å²) in [6.45, 7) is 5.99. The van der Waals surface area contributed by atoms with Crippen LogP contribution in [0.2, 0.25) is 0 Å². The summed E-state index contributed by atoms with van der Waals surface area (Å²) < 4.78 is 0. The summed E-state index contributed by atoms with van der Waals surface area (Å²) in [7, 11) is 0. The Bertz CT molecular complexity index is 364. The van der Waals surface area contributed by atoms with Crippen LogP contribution in [0.4, 0.5) is 0 Å². The van der Waals surface area contributed by atoms with Gasteiger partial charge in [0.05, 0.1) is 0 Å². The van der Waals surface area contributed by atoms with Crippen molar-refractivity contribution in [2.75, 3.05) is 0 Å². The second kappa shape index (κ2) is 4.56. The zero-order valence-corrected chi connectivity index (χ0v) is 11.4. The van der Waals surface area contributed by atoms with E-state index >= 15 is 0 Å². The van der Waals surface area contributed by atoms with E-state index in [0.29, 0.717) is 23.7 Å². The van der Waals surface area contributed by atoms with Crippen LogP contribution >= 0.6 is 0 Å². The number of hydrogen-bond acceptors (Lipinski definition) is 2. The number of carbonyl (C=O) groups is 2. The maximum absolute atomic E-state index is 11.2. The number of rotatable bonds is 4. The first kappa shape index (κ1) is 13.4. The van der Waals surface area contributed by atoms with Crippen molar-refractivity contribution in [1.82, 2.24) is 5.32 Å². The average Bonchev–Trinajstić information content (AvgIpc) is 2.65. The second-order valence-corrected chi connectivity index (χ2v) is 6.52. The Morgan fingerprint density at radius 1 is 1.39 bits per heavy atom. The zero-order valence-electron chi connectivity index (χ0n) is 11.4. The molecule has 4 heteroatoms. The highest BCUT2D eigenvalue weighted by Gasteiger charge is 2.53. The first-order chi connectivity index (χ1) is 8.32. The predicted molar refractivity (Wildman–Crippen MR) is 68.0 cm³/mol. The van der Waals surface area contributed by atoms with Crippen LogP contribution in [0.25, 0.3) is 0 Å². The van der Waals surface area contributed by atoms with Gasteiger partial charge in [0, 0.05) is 6.92 Å². The fourth-order valence-corrected chi connectivity index (χ4v) is 4.25. The molecule has 2 fully saturated rings.